The molecule has 6 nitrogen and oxygen atoms in total. The quantitative estimate of drug-likeness (QED) is 0.690. The number of anilines is 1. The molecule has 0 saturated carbocycles. The van der Waals surface area contributed by atoms with Gasteiger partial charge in [0.05, 0.1) is 22.2 Å². The highest BCUT2D eigenvalue weighted by atomic mass is 35.5. The highest BCUT2D eigenvalue weighted by Crippen LogP contribution is 2.26. The number of rotatable bonds is 5. The molecular formula is C22H27Cl2N3O3S. The third-order valence-corrected chi connectivity index (χ3v) is 7.74. The van der Waals surface area contributed by atoms with Crippen LogP contribution in [0, 0.1) is 0 Å². The lowest BCUT2D eigenvalue weighted by atomic mass is 9.87. The molecule has 1 heterocycles. The van der Waals surface area contributed by atoms with Gasteiger partial charge in [-0.1, -0.05) is 56.1 Å². The average Bonchev–Trinajstić information content (AvgIpc) is 2.70. The van der Waals surface area contributed by atoms with Gasteiger partial charge in [-0.15, -0.1) is 0 Å². The fourth-order valence-electron chi connectivity index (χ4n) is 3.39. The first kappa shape index (κ1) is 24.0. The summed E-state index contributed by atoms with van der Waals surface area (Å²) in [5.41, 5.74) is 1.50. The van der Waals surface area contributed by atoms with E-state index in [0.29, 0.717) is 46.8 Å². The highest BCUT2D eigenvalue weighted by molar-refractivity contribution is 7.89. The predicted molar refractivity (Wildman–Crippen MR) is 125 cm³/mol. The third-order valence-electron chi connectivity index (χ3n) is 5.26. The van der Waals surface area contributed by atoms with Crippen LogP contribution in [0.4, 0.5) is 5.69 Å². The van der Waals surface area contributed by atoms with Crippen molar-refractivity contribution >= 4 is 44.8 Å². The summed E-state index contributed by atoms with van der Waals surface area (Å²) in [6.07, 6.45) is 0. The van der Waals surface area contributed by atoms with Crippen LogP contribution in [0.1, 0.15) is 26.3 Å². The van der Waals surface area contributed by atoms with E-state index in [1.54, 1.807) is 30.3 Å². The minimum absolute atomic E-state index is 0.0379. The maximum atomic E-state index is 13.0. The predicted octanol–water partition coefficient (Wildman–Crippen LogP) is 4.24. The molecule has 2 aromatic rings. The van der Waals surface area contributed by atoms with Crippen molar-refractivity contribution in [2.45, 2.75) is 31.1 Å². The van der Waals surface area contributed by atoms with Crippen molar-refractivity contribution in [2.75, 3.05) is 38.0 Å². The van der Waals surface area contributed by atoms with Gasteiger partial charge in [0.25, 0.3) is 0 Å². The van der Waals surface area contributed by atoms with E-state index in [9.17, 15) is 13.2 Å². The Morgan fingerprint density at radius 2 is 1.61 bits per heavy atom. The summed E-state index contributed by atoms with van der Waals surface area (Å²) < 4.78 is 27.5. The number of halogens is 2. The standard InChI is InChI=1S/C22H27Cl2N3O3S/c1-22(2,3)16-4-7-18(8-5-16)31(29,30)27-12-10-26(11-13-27)15-21(28)25-20-14-17(23)6-9-19(20)24/h4-9,14H,10-13,15H2,1-3H3,(H,25,28). The molecule has 0 aromatic heterocycles. The Bertz CT molecular complexity index is 1040. The lowest BCUT2D eigenvalue weighted by Gasteiger charge is -2.33. The van der Waals surface area contributed by atoms with Crippen LogP contribution in [0.3, 0.4) is 0 Å². The Hall–Kier alpha value is -1.64. The molecule has 0 atom stereocenters. The molecule has 0 radical (unpaired) electrons. The number of carbonyl (C=O) groups excluding carboxylic acids is 1. The van der Waals surface area contributed by atoms with E-state index in [1.807, 2.05) is 17.0 Å². The Balaban J connectivity index is 1.57. The van der Waals surface area contributed by atoms with E-state index >= 15 is 0 Å². The molecule has 1 fully saturated rings. The Morgan fingerprint density at radius 1 is 1.00 bits per heavy atom. The van der Waals surface area contributed by atoms with Gasteiger partial charge < -0.3 is 5.32 Å². The average molecular weight is 484 g/mol. The zero-order valence-electron chi connectivity index (χ0n) is 17.9. The number of nitrogens with one attached hydrogen (secondary N) is 1. The molecule has 9 heteroatoms. The number of amides is 1. The molecule has 1 aliphatic rings. The van der Waals surface area contributed by atoms with Crippen LogP contribution < -0.4 is 5.32 Å². The van der Waals surface area contributed by atoms with Crippen LogP contribution in [0.15, 0.2) is 47.4 Å². The first-order valence-electron chi connectivity index (χ1n) is 10.0. The molecule has 0 aliphatic carbocycles. The monoisotopic (exact) mass is 483 g/mol. The molecule has 0 bridgehead atoms. The van der Waals surface area contributed by atoms with Crippen LogP contribution in [-0.4, -0.2) is 56.3 Å². The lowest BCUT2D eigenvalue weighted by Crippen LogP contribution is -2.50. The van der Waals surface area contributed by atoms with Gasteiger partial charge in [-0.05, 0) is 41.3 Å². The number of benzene rings is 2. The molecule has 0 spiro atoms. The molecule has 1 amide bonds. The van der Waals surface area contributed by atoms with E-state index in [1.165, 1.54) is 4.31 Å². The number of piperazine rings is 1. The van der Waals surface area contributed by atoms with Crippen molar-refractivity contribution in [3.63, 3.8) is 0 Å². The zero-order chi connectivity index (χ0) is 22.8. The van der Waals surface area contributed by atoms with Crippen LogP contribution in [0.25, 0.3) is 0 Å². The topological polar surface area (TPSA) is 69.7 Å². The van der Waals surface area contributed by atoms with E-state index < -0.39 is 10.0 Å². The summed E-state index contributed by atoms with van der Waals surface area (Å²) in [6.45, 7) is 8.01. The summed E-state index contributed by atoms with van der Waals surface area (Å²) in [7, 11) is -3.56. The third kappa shape index (κ3) is 5.99. The van der Waals surface area contributed by atoms with Crippen LogP contribution in [0.5, 0.6) is 0 Å². The van der Waals surface area contributed by atoms with Gasteiger partial charge >= 0.3 is 0 Å². The molecule has 0 unspecified atom stereocenters. The molecule has 1 saturated heterocycles. The van der Waals surface area contributed by atoms with E-state index in [0.717, 1.165) is 5.56 Å². The fraction of sp³-hybridized carbons (Fsp3) is 0.409. The van der Waals surface area contributed by atoms with Crippen molar-refractivity contribution in [1.29, 1.82) is 0 Å². The second-order valence-corrected chi connectivity index (χ2v) is 11.4. The van der Waals surface area contributed by atoms with E-state index in [4.69, 9.17) is 23.2 Å². The number of nitrogens with zero attached hydrogens (tertiary/aromatic N) is 2. The SMILES string of the molecule is CC(C)(C)c1ccc(S(=O)(=O)N2CCN(CC(=O)Nc3cc(Cl)ccc3Cl)CC2)cc1. The van der Waals surface area contributed by atoms with Gasteiger partial charge in [-0.3, -0.25) is 9.69 Å². The van der Waals surface area contributed by atoms with E-state index in [-0.39, 0.29) is 17.9 Å². The van der Waals surface area contributed by atoms with Crippen molar-refractivity contribution in [3.8, 4) is 0 Å². The normalized spacial score (nSPS) is 16.3. The second kappa shape index (κ2) is 9.46. The summed E-state index contributed by atoms with van der Waals surface area (Å²) in [6, 6.07) is 11.9. The Kier molecular flexibility index (Phi) is 7.33. The smallest absolute Gasteiger partial charge is 0.243 e. The summed E-state index contributed by atoms with van der Waals surface area (Å²) in [5, 5.41) is 3.64. The molecule has 2 aromatic carbocycles. The van der Waals surface area contributed by atoms with Crippen LogP contribution in [-0.2, 0) is 20.2 Å². The number of carbonyl (C=O) groups is 1. The molecule has 1 aliphatic heterocycles. The number of sulfonamides is 1. The zero-order valence-corrected chi connectivity index (χ0v) is 20.2. The van der Waals surface area contributed by atoms with Crippen molar-refractivity contribution in [1.82, 2.24) is 9.21 Å². The van der Waals surface area contributed by atoms with Crippen molar-refractivity contribution < 1.29 is 13.2 Å². The summed E-state index contributed by atoms with van der Waals surface area (Å²) >= 11 is 12.0. The molecular weight excluding hydrogens is 457 g/mol. The van der Waals surface area contributed by atoms with Gasteiger partial charge in [0.2, 0.25) is 15.9 Å². The molecule has 168 valence electrons. The van der Waals surface area contributed by atoms with Gasteiger partial charge in [0, 0.05) is 31.2 Å². The first-order chi connectivity index (χ1) is 14.5. The second-order valence-electron chi connectivity index (χ2n) is 8.63. The van der Waals surface area contributed by atoms with Crippen LogP contribution in [0.2, 0.25) is 10.0 Å². The highest BCUT2D eigenvalue weighted by Gasteiger charge is 2.29. The van der Waals surface area contributed by atoms with Gasteiger partial charge in [0.1, 0.15) is 0 Å². The fourth-order valence-corrected chi connectivity index (χ4v) is 5.15. The van der Waals surface area contributed by atoms with Gasteiger partial charge in [0.15, 0.2) is 0 Å². The van der Waals surface area contributed by atoms with Gasteiger partial charge in [-0.25, -0.2) is 8.42 Å². The maximum absolute atomic E-state index is 13.0. The molecule has 31 heavy (non-hydrogen) atoms. The largest absolute Gasteiger partial charge is 0.324 e. The first-order valence-corrected chi connectivity index (χ1v) is 12.2. The minimum atomic E-state index is -3.56. The van der Waals surface area contributed by atoms with Crippen LogP contribution >= 0.6 is 23.2 Å². The maximum Gasteiger partial charge on any atom is 0.243 e. The van der Waals surface area contributed by atoms with Crippen molar-refractivity contribution in [3.05, 3.63) is 58.1 Å². The van der Waals surface area contributed by atoms with Gasteiger partial charge in [-0.2, -0.15) is 4.31 Å². The summed E-state index contributed by atoms with van der Waals surface area (Å²) in [5.74, 6) is -0.224. The molecule has 3 rings (SSSR count). The number of hydrogen-bond donors (Lipinski definition) is 1. The Morgan fingerprint density at radius 3 is 2.19 bits per heavy atom. The summed E-state index contributed by atoms with van der Waals surface area (Å²) in [4.78, 5) is 14.6. The van der Waals surface area contributed by atoms with Crippen molar-refractivity contribution in [2.24, 2.45) is 0 Å². The Labute approximate surface area is 194 Å². The lowest BCUT2D eigenvalue weighted by molar-refractivity contribution is -0.117. The van der Waals surface area contributed by atoms with E-state index in [2.05, 4.69) is 26.1 Å². The minimum Gasteiger partial charge on any atom is -0.324 e. The number of hydrogen-bond acceptors (Lipinski definition) is 4. The molecule has 1 N–H and O–H groups in total.